The predicted octanol–water partition coefficient (Wildman–Crippen LogP) is 5.44. The quantitative estimate of drug-likeness (QED) is 0.0356. The van der Waals surface area contributed by atoms with Crippen LogP contribution in [0.4, 0.5) is 0 Å². The third-order valence-corrected chi connectivity index (χ3v) is 12.3. The first-order valence-corrected chi connectivity index (χ1v) is 24.3. The van der Waals surface area contributed by atoms with E-state index in [0.29, 0.717) is 12.8 Å². The highest BCUT2D eigenvalue weighted by Gasteiger charge is 2.51. The smallest absolute Gasteiger partial charge is 0.220 e. The minimum atomic E-state index is -1.78. The number of carbonyl (C=O) groups excluding carboxylic acids is 1. The fourth-order valence-corrected chi connectivity index (χ4v) is 8.30. The van der Waals surface area contributed by atoms with E-state index in [2.05, 4.69) is 19.2 Å². The highest BCUT2D eigenvalue weighted by Crippen LogP contribution is 2.30. The summed E-state index contributed by atoms with van der Waals surface area (Å²) < 4.78 is 22.6. The Labute approximate surface area is 362 Å². The maximum atomic E-state index is 13.1. The Bertz CT molecular complexity index is 1020. The van der Waals surface area contributed by atoms with Gasteiger partial charge in [-0.3, -0.25) is 4.79 Å². The van der Waals surface area contributed by atoms with Crippen LogP contribution in [0.15, 0.2) is 0 Å². The summed E-state index contributed by atoms with van der Waals surface area (Å²) in [5.74, 6) is -0.210. The van der Waals surface area contributed by atoms with Crippen molar-refractivity contribution in [3.8, 4) is 0 Å². The van der Waals surface area contributed by atoms with Gasteiger partial charge in [-0.2, -0.15) is 0 Å². The minimum Gasteiger partial charge on any atom is -0.394 e. The summed E-state index contributed by atoms with van der Waals surface area (Å²) >= 11 is 0. The van der Waals surface area contributed by atoms with Gasteiger partial charge in [0.15, 0.2) is 12.6 Å². The molecule has 0 aromatic carbocycles. The Morgan fingerprint density at radius 2 is 0.950 bits per heavy atom. The molecule has 2 rings (SSSR count). The van der Waals surface area contributed by atoms with Crippen LogP contribution in [-0.2, 0) is 23.7 Å². The summed E-state index contributed by atoms with van der Waals surface area (Å²) in [6.45, 7) is 2.76. The highest BCUT2D eigenvalue weighted by atomic mass is 16.7. The number of carbonyl (C=O) groups is 1. The van der Waals surface area contributed by atoms with Crippen LogP contribution in [0.5, 0.6) is 0 Å². The summed E-state index contributed by atoms with van der Waals surface area (Å²) in [5.41, 5.74) is 0. The maximum absolute atomic E-state index is 13.1. The van der Waals surface area contributed by atoms with Gasteiger partial charge >= 0.3 is 0 Å². The van der Waals surface area contributed by atoms with Crippen molar-refractivity contribution in [3.05, 3.63) is 0 Å². The lowest BCUT2D eigenvalue weighted by Gasteiger charge is -2.46. The standard InChI is InChI=1S/C46H89NO13/c1-3-5-7-9-10-11-12-13-14-15-16-17-18-19-20-21-22-23-24-26-28-30-38(51)47-34(35(50)29-27-25-8-6-4-2)33-57-45-43(56)41(54)44(37(32-49)59-45)60-46-42(55)40(53)39(52)36(31-48)58-46/h34-37,39-46,48-50,52-56H,3-33H2,1-2H3,(H,47,51). The molecule has 14 heteroatoms. The molecular weight excluding hydrogens is 775 g/mol. The molecule has 2 fully saturated rings. The number of ether oxygens (including phenoxy) is 4. The van der Waals surface area contributed by atoms with Gasteiger partial charge in [-0.25, -0.2) is 0 Å². The highest BCUT2D eigenvalue weighted by molar-refractivity contribution is 5.76. The molecule has 0 saturated carbocycles. The van der Waals surface area contributed by atoms with Gasteiger partial charge in [0.25, 0.3) is 0 Å². The number of amides is 1. The van der Waals surface area contributed by atoms with Gasteiger partial charge in [0, 0.05) is 6.42 Å². The van der Waals surface area contributed by atoms with Crippen LogP contribution >= 0.6 is 0 Å². The molecule has 0 aromatic heterocycles. The average molecular weight is 864 g/mol. The Morgan fingerprint density at radius 1 is 0.533 bits per heavy atom. The van der Waals surface area contributed by atoms with E-state index in [1.54, 1.807) is 0 Å². The number of rotatable bonds is 37. The number of aliphatic hydroxyl groups excluding tert-OH is 8. The summed E-state index contributed by atoms with van der Waals surface area (Å²) in [5, 5.41) is 86.2. The molecule has 0 aromatic rings. The van der Waals surface area contributed by atoms with E-state index in [-0.39, 0.29) is 12.5 Å². The summed E-state index contributed by atoms with van der Waals surface area (Å²) in [7, 11) is 0. The molecule has 1 amide bonds. The fraction of sp³-hybridized carbons (Fsp3) is 0.978. The van der Waals surface area contributed by atoms with Crippen molar-refractivity contribution in [1.82, 2.24) is 5.32 Å². The lowest BCUT2D eigenvalue weighted by Crippen LogP contribution is -2.65. The zero-order valence-corrected chi connectivity index (χ0v) is 37.5. The Kier molecular flexibility index (Phi) is 31.6. The number of aliphatic hydroxyl groups is 8. The van der Waals surface area contributed by atoms with Crippen molar-refractivity contribution in [3.63, 3.8) is 0 Å². The van der Waals surface area contributed by atoms with Crippen LogP contribution in [0, 0.1) is 0 Å². The predicted molar refractivity (Wildman–Crippen MR) is 231 cm³/mol. The summed E-state index contributed by atoms with van der Waals surface area (Å²) in [4.78, 5) is 13.1. The van der Waals surface area contributed by atoms with Gasteiger partial charge in [-0.15, -0.1) is 0 Å². The van der Waals surface area contributed by atoms with Crippen LogP contribution in [-0.4, -0.2) is 140 Å². The molecule has 0 radical (unpaired) electrons. The molecule has 12 atom stereocenters. The normalized spacial score (nSPS) is 28.2. The van der Waals surface area contributed by atoms with Crippen LogP contribution in [0.2, 0.25) is 0 Å². The van der Waals surface area contributed by atoms with Crippen molar-refractivity contribution < 1.29 is 64.6 Å². The van der Waals surface area contributed by atoms with Crippen LogP contribution in [0.1, 0.15) is 194 Å². The van der Waals surface area contributed by atoms with E-state index in [0.717, 1.165) is 57.8 Å². The van der Waals surface area contributed by atoms with Gasteiger partial charge in [0.05, 0.1) is 32.0 Å². The SMILES string of the molecule is CCCCCCCCCCCCCCCCCCCCCCCC(=O)NC(COC1OC(CO)C(OC2OC(CO)C(O)C(O)C2O)C(O)C1O)C(O)CCCCCCC. The molecule has 0 spiro atoms. The summed E-state index contributed by atoms with van der Waals surface area (Å²) in [6.07, 6.45) is 16.1. The second-order valence-electron chi connectivity index (χ2n) is 17.6. The van der Waals surface area contributed by atoms with Crippen LogP contribution in [0.3, 0.4) is 0 Å². The maximum Gasteiger partial charge on any atom is 0.220 e. The molecule has 60 heavy (non-hydrogen) atoms. The van der Waals surface area contributed by atoms with E-state index < -0.39 is 86.8 Å². The molecular formula is C46H89NO13. The zero-order valence-electron chi connectivity index (χ0n) is 37.5. The van der Waals surface area contributed by atoms with Gasteiger partial charge in [-0.05, 0) is 12.8 Å². The molecule has 9 N–H and O–H groups in total. The molecule has 2 saturated heterocycles. The second-order valence-corrected chi connectivity index (χ2v) is 17.6. The van der Waals surface area contributed by atoms with Crippen molar-refractivity contribution in [2.75, 3.05) is 19.8 Å². The van der Waals surface area contributed by atoms with E-state index in [1.807, 2.05) is 0 Å². The number of hydrogen-bond acceptors (Lipinski definition) is 13. The molecule has 0 aliphatic carbocycles. The molecule has 0 bridgehead atoms. The lowest BCUT2D eigenvalue weighted by atomic mass is 9.97. The van der Waals surface area contributed by atoms with Crippen molar-refractivity contribution in [2.45, 2.75) is 267 Å². The van der Waals surface area contributed by atoms with E-state index in [9.17, 15) is 45.6 Å². The molecule has 2 aliphatic rings. The number of nitrogens with one attached hydrogen (secondary N) is 1. The van der Waals surface area contributed by atoms with E-state index >= 15 is 0 Å². The molecule has 2 heterocycles. The molecule has 2 aliphatic heterocycles. The topological polar surface area (TPSA) is 228 Å². The monoisotopic (exact) mass is 864 g/mol. The van der Waals surface area contributed by atoms with Crippen molar-refractivity contribution >= 4 is 5.91 Å². The van der Waals surface area contributed by atoms with Crippen molar-refractivity contribution in [2.24, 2.45) is 0 Å². The van der Waals surface area contributed by atoms with Crippen LogP contribution < -0.4 is 5.32 Å². The largest absolute Gasteiger partial charge is 0.394 e. The van der Waals surface area contributed by atoms with Gasteiger partial charge < -0.3 is 65.1 Å². The molecule has 12 unspecified atom stereocenters. The van der Waals surface area contributed by atoms with Crippen LogP contribution in [0.25, 0.3) is 0 Å². The minimum absolute atomic E-state index is 0.210. The third-order valence-electron chi connectivity index (χ3n) is 12.3. The Morgan fingerprint density at radius 3 is 1.42 bits per heavy atom. The molecule has 14 nitrogen and oxygen atoms in total. The first kappa shape index (κ1) is 55.1. The lowest BCUT2D eigenvalue weighted by molar-refractivity contribution is -0.359. The molecule has 356 valence electrons. The summed E-state index contributed by atoms with van der Waals surface area (Å²) in [6, 6.07) is -0.817. The zero-order chi connectivity index (χ0) is 44.0. The Hall–Kier alpha value is -1.01. The van der Waals surface area contributed by atoms with Gasteiger partial charge in [0.2, 0.25) is 5.91 Å². The van der Waals surface area contributed by atoms with E-state index in [1.165, 1.54) is 109 Å². The Balaban J connectivity index is 1.70. The first-order chi connectivity index (χ1) is 29.1. The van der Waals surface area contributed by atoms with Crippen molar-refractivity contribution in [1.29, 1.82) is 0 Å². The van der Waals surface area contributed by atoms with E-state index in [4.69, 9.17) is 18.9 Å². The average Bonchev–Trinajstić information content (AvgIpc) is 3.24. The second kappa shape index (κ2) is 34.4. The first-order valence-electron chi connectivity index (χ1n) is 24.3. The van der Waals surface area contributed by atoms with Gasteiger partial charge in [0.1, 0.15) is 48.8 Å². The third kappa shape index (κ3) is 22.1. The fourth-order valence-electron chi connectivity index (χ4n) is 8.30. The number of unbranched alkanes of at least 4 members (excludes halogenated alkanes) is 24. The number of hydrogen-bond donors (Lipinski definition) is 9. The van der Waals surface area contributed by atoms with Gasteiger partial charge in [-0.1, -0.05) is 174 Å².